The molecule has 1 aliphatic heterocycles. The van der Waals surface area contributed by atoms with Crippen molar-refractivity contribution in [2.45, 2.75) is 62.9 Å². The summed E-state index contributed by atoms with van der Waals surface area (Å²) >= 11 is 1.61. The third-order valence-electron chi connectivity index (χ3n) is 5.30. The summed E-state index contributed by atoms with van der Waals surface area (Å²) in [6, 6.07) is 8.10. The lowest BCUT2D eigenvalue weighted by Gasteiger charge is -2.35. The lowest BCUT2D eigenvalue weighted by atomic mass is 9.81. The van der Waals surface area contributed by atoms with E-state index in [1.165, 1.54) is 4.90 Å². The highest BCUT2D eigenvalue weighted by Gasteiger charge is 2.43. The molecule has 2 aliphatic rings. The maximum absolute atomic E-state index is 13.4. The number of Topliss-reactive ketones (excluding diaryl/α,β-unsaturated/α-hetero) is 1. The molecule has 1 aromatic carbocycles. The molecule has 0 aromatic heterocycles. The standard InChI is InChI=1S/C23H28O4S/c1-16(2)8-4-3-7-12-23(27-15-21(24)25)13-11-20-18(22(23)26)14-17-9-5-6-10-19(17)28-20/h5-6,9-11,13,16H,3-4,7-8,12,14-15H2,1-2H3,(H,24,25). The van der Waals surface area contributed by atoms with Crippen LogP contribution in [-0.4, -0.2) is 29.1 Å². The second kappa shape index (κ2) is 9.10. The fourth-order valence-corrected chi connectivity index (χ4v) is 4.84. The van der Waals surface area contributed by atoms with Gasteiger partial charge in [-0.1, -0.05) is 63.1 Å². The van der Waals surface area contributed by atoms with Crippen LogP contribution in [0.1, 0.15) is 51.5 Å². The van der Waals surface area contributed by atoms with Crippen molar-refractivity contribution >= 4 is 23.5 Å². The first-order chi connectivity index (χ1) is 13.4. The number of rotatable bonds is 9. The monoisotopic (exact) mass is 400 g/mol. The third-order valence-corrected chi connectivity index (χ3v) is 6.52. The van der Waals surface area contributed by atoms with Gasteiger partial charge in [-0.05, 0) is 42.5 Å². The molecule has 1 atom stereocenters. The molecule has 1 aromatic rings. The molecule has 1 heterocycles. The summed E-state index contributed by atoms with van der Waals surface area (Å²) in [6.07, 6.45) is 8.98. The minimum absolute atomic E-state index is 0.0721. The first kappa shape index (κ1) is 20.9. The minimum atomic E-state index is -1.15. The molecule has 0 radical (unpaired) electrons. The predicted octanol–water partition coefficient (Wildman–Crippen LogP) is 5.17. The van der Waals surface area contributed by atoms with Gasteiger partial charge < -0.3 is 9.84 Å². The molecule has 5 heteroatoms. The number of carbonyl (C=O) groups excluding carboxylic acids is 1. The van der Waals surface area contributed by atoms with Crippen molar-refractivity contribution in [3.05, 3.63) is 52.5 Å². The van der Waals surface area contributed by atoms with Gasteiger partial charge in [-0.2, -0.15) is 0 Å². The van der Waals surface area contributed by atoms with Crippen LogP contribution in [0.2, 0.25) is 0 Å². The van der Waals surface area contributed by atoms with Crippen LogP contribution in [0.25, 0.3) is 0 Å². The summed E-state index contributed by atoms with van der Waals surface area (Å²) in [5, 5.41) is 9.10. The number of carbonyl (C=O) groups is 2. The molecule has 1 unspecified atom stereocenters. The molecule has 0 spiro atoms. The molecule has 1 N–H and O–H groups in total. The molecule has 3 rings (SSSR count). The van der Waals surface area contributed by atoms with Crippen molar-refractivity contribution in [3.63, 3.8) is 0 Å². The predicted molar refractivity (Wildman–Crippen MR) is 111 cm³/mol. The quantitative estimate of drug-likeness (QED) is 0.579. The lowest BCUT2D eigenvalue weighted by Crippen LogP contribution is -2.44. The number of thioether (sulfide) groups is 1. The van der Waals surface area contributed by atoms with E-state index in [1.807, 2.05) is 24.3 Å². The number of benzene rings is 1. The number of carboxylic acids is 1. The van der Waals surface area contributed by atoms with Gasteiger partial charge in [-0.3, -0.25) is 4.79 Å². The van der Waals surface area contributed by atoms with Crippen LogP contribution in [0.15, 0.2) is 51.8 Å². The van der Waals surface area contributed by atoms with Gasteiger partial charge in [0.1, 0.15) is 12.2 Å². The fraction of sp³-hybridized carbons (Fsp3) is 0.478. The number of unbranched alkanes of at least 4 members (excludes halogenated alkanes) is 2. The summed E-state index contributed by atoms with van der Waals surface area (Å²) in [6.45, 7) is 3.95. The highest BCUT2D eigenvalue weighted by atomic mass is 32.2. The van der Waals surface area contributed by atoms with Gasteiger partial charge in [0.2, 0.25) is 0 Å². The Hall–Kier alpha value is -1.85. The zero-order chi connectivity index (χ0) is 20.1. The molecular formula is C23H28O4S. The molecule has 0 saturated carbocycles. The second-order valence-corrected chi connectivity index (χ2v) is 9.04. The van der Waals surface area contributed by atoms with Crippen molar-refractivity contribution in [2.75, 3.05) is 6.61 Å². The van der Waals surface area contributed by atoms with Crippen molar-refractivity contribution in [1.29, 1.82) is 0 Å². The number of aliphatic carboxylic acids is 1. The maximum atomic E-state index is 13.4. The van der Waals surface area contributed by atoms with Gasteiger partial charge in [0, 0.05) is 21.8 Å². The molecule has 4 nitrogen and oxygen atoms in total. The number of hydrogen-bond acceptors (Lipinski definition) is 4. The summed E-state index contributed by atoms with van der Waals surface area (Å²) in [5.74, 6) is -0.457. The SMILES string of the molecule is CC(C)CCCCCC1(OCC(=O)O)C=CC2=C(Cc3ccccc3S2)C1=O. The first-order valence-electron chi connectivity index (χ1n) is 10.00. The average Bonchev–Trinajstić information content (AvgIpc) is 2.67. The summed E-state index contributed by atoms with van der Waals surface area (Å²) < 4.78 is 5.73. The zero-order valence-electron chi connectivity index (χ0n) is 16.6. The van der Waals surface area contributed by atoms with Crippen LogP contribution < -0.4 is 0 Å². The van der Waals surface area contributed by atoms with E-state index in [-0.39, 0.29) is 5.78 Å². The van der Waals surface area contributed by atoms with Gasteiger partial charge in [0.05, 0.1) is 0 Å². The van der Waals surface area contributed by atoms with Crippen molar-refractivity contribution in [3.8, 4) is 0 Å². The topological polar surface area (TPSA) is 63.6 Å². The maximum Gasteiger partial charge on any atom is 0.329 e. The number of allylic oxidation sites excluding steroid dienone is 1. The molecule has 1 aliphatic carbocycles. The van der Waals surface area contributed by atoms with E-state index in [4.69, 9.17) is 9.84 Å². The van der Waals surface area contributed by atoms with E-state index in [0.29, 0.717) is 18.8 Å². The molecule has 150 valence electrons. The highest BCUT2D eigenvalue weighted by Crippen LogP contribution is 2.44. The van der Waals surface area contributed by atoms with Crippen molar-refractivity contribution < 1.29 is 19.4 Å². The Labute approximate surface area is 171 Å². The smallest absolute Gasteiger partial charge is 0.329 e. The Bertz CT molecular complexity index is 809. The van der Waals surface area contributed by atoms with E-state index in [0.717, 1.165) is 41.7 Å². The van der Waals surface area contributed by atoms with Crippen molar-refractivity contribution in [2.24, 2.45) is 5.92 Å². The van der Waals surface area contributed by atoms with Crippen LogP contribution in [-0.2, 0) is 20.7 Å². The van der Waals surface area contributed by atoms with E-state index < -0.39 is 18.2 Å². The Morgan fingerprint density at radius 3 is 2.79 bits per heavy atom. The van der Waals surface area contributed by atoms with E-state index >= 15 is 0 Å². The number of carboxylic acid groups (broad SMARTS) is 1. The van der Waals surface area contributed by atoms with Crippen LogP contribution >= 0.6 is 11.8 Å². The molecule has 0 bridgehead atoms. The Morgan fingerprint density at radius 1 is 1.25 bits per heavy atom. The largest absolute Gasteiger partial charge is 0.480 e. The molecule has 28 heavy (non-hydrogen) atoms. The second-order valence-electron chi connectivity index (χ2n) is 7.96. The van der Waals surface area contributed by atoms with E-state index in [1.54, 1.807) is 17.8 Å². The fourth-order valence-electron chi connectivity index (χ4n) is 3.77. The molecular weight excluding hydrogens is 372 g/mol. The number of ketones is 1. The Kier molecular flexibility index (Phi) is 6.78. The summed E-state index contributed by atoms with van der Waals surface area (Å²) in [5.41, 5.74) is 0.736. The number of hydrogen-bond donors (Lipinski definition) is 1. The van der Waals surface area contributed by atoms with Crippen LogP contribution in [0.3, 0.4) is 0 Å². The number of fused-ring (bicyclic) bond motifs is 1. The van der Waals surface area contributed by atoms with Crippen LogP contribution in [0, 0.1) is 5.92 Å². The number of ether oxygens (including phenoxy) is 1. The first-order valence-corrected chi connectivity index (χ1v) is 10.8. The minimum Gasteiger partial charge on any atom is -0.480 e. The Balaban J connectivity index is 1.75. The molecule has 0 fully saturated rings. The van der Waals surface area contributed by atoms with Crippen molar-refractivity contribution in [1.82, 2.24) is 0 Å². The van der Waals surface area contributed by atoms with Crippen LogP contribution in [0.4, 0.5) is 0 Å². The van der Waals surface area contributed by atoms with Gasteiger partial charge in [-0.25, -0.2) is 4.79 Å². The third kappa shape index (κ3) is 4.76. The zero-order valence-corrected chi connectivity index (χ0v) is 17.4. The van der Waals surface area contributed by atoms with Gasteiger partial charge in [0.15, 0.2) is 5.78 Å². The van der Waals surface area contributed by atoms with Gasteiger partial charge in [-0.15, -0.1) is 0 Å². The highest BCUT2D eigenvalue weighted by molar-refractivity contribution is 8.03. The normalized spacial score (nSPS) is 21.0. The van der Waals surface area contributed by atoms with Gasteiger partial charge in [0.25, 0.3) is 0 Å². The average molecular weight is 401 g/mol. The molecule has 0 amide bonds. The van der Waals surface area contributed by atoms with E-state index in [9.17, 15) is 9.59 Å². The van der Waals surface area contributed by atoms with Gasteiger partial charge >= 0.3 is 5.97 Å². The van der Waals surface area contributed by atoms with Crippen LogP contribution in [0.5, 0.6) is 0 Å². The van der Waals surface area contributed by atoms with E-state index in [2.05, 4.69) is 19.9 Å². The molecule has 0 saturated heterocycles. The summed E-state index contributed by atoms with van der Waals surface area (Å²) in [4.78, 5) is 26.7. The lowest BCUT2D eigenvalue weighted by molar-refractivity contribution is -0.152. The Morgan fingerprint density at radius 2 is 2.04 bits per heavy atom. The summed E-state index contributed by atoms with van der Waals surface area (Å²) in [7, 11) is 0.